The van der Waals surface area contributed by atoms with E-state index in [1.807, 2.05) is 14.0 Å². The van der Waals surface area contributed by atoms with Crippen LogP contribution in [0.25, 0.3) is 10.8 Å². The molecular formula is C28H34ClN3O5S2. The number of unbranched alkanes of at least 4 members (excludes halogenated alkanes) is 1. The van der Waals surface area contributed by atoms with Crippen LogP contribution < -0.4 is 4.80 Å². The highest BCUT2D eigenvalue weighted by atomic mass is 35.5. The second kappa shape index (κ2) is 12.7. The van der Waals surface area contributed by atoms with Gasteiger partial charge >= 0.3 is 5.97 Å². The van der Waals surface area contributed by atoms with Crippen molar-refractivity contribution >= 4 is 55.4 Å². The lowest BCUT2D eigenvalue weighted by Gasteiger charge is -2.32. The Bertz CT molecular complexity index is 1540. The van der Waals surface area contributed by atoms with Crippen LogP contribution >= 0.6 is 22.9 Å². The molecule has 39 heavy (non-hydrogen) atoms. The van der Waals surface area contributed by atoms with Crippen LogP contribution in [0.2, 0.25) is 5.02 Å². The lowest BCUT2D eigenvalue weighted by molar-refractivity contribution is -0.131. The van der Waals surface area contributed by atoms with Gasteiger partial charge in [-0.25, -0.2) is 13.2 Å². The number of ether oxygens (including phenoxy) is 1. The van der Waals surface area contributed by atoms with Crippen LogP contribution in [-0.4, -0.2) is 62.3 Å². The molecule has 0 atom stereocenters. The van der Waals surface area contributed by atoms with Gasteiger partial charge in [0.1, 0.15) is 5.69 Å². The molecular weight excluding hydrogens is 558 g/mol. The van der Waals surface area contributed by atoms with Gasteiger partial charge in [0.2, 0.25) is 5.91 Å². The number of sulfone groups is 1. The van der Waals surface area contributed by atoms with E-state index in [4.69, 9.17) is 16.3 Å². The number of carbonyl (C=O) groups is 2. The van der Waals surface area contributed by atoms with E-state index in [0.717, 1.165) is 33.3 Å². The summed E-state index contributed by atoms with van der Waals surface area (Å²) in [7, 11) is -0.102. The van der Waals surface area contributed by atoms with Crippen molar-refractivity contribution in [2.75, 3.05) is 32.5 Å². The van der Waals surface area contributed by atoms with Gasteiger partial charge in [-0.15, -0.1) is 11.3 Å². The molecule has 3 aromatic rings. The van der Waals surface area contributed by atoms with Crippen LogP contribution in [0.1, 0.15) is 60.3 Å². The molecule has 2 heterocycles. The summed E-state index contributed by atoms with van der Waals surface area (Å²) in [5.41, 5.74) is 0.533. The van der Waals surface area contributed by atoms with Gasteiger partial charge in [-0.1, -0.05) is 37.1 Å². The second-order valence-corrected chi connectivity index (χ2v) is 13.3. The van der Waals surface area contributed by atoms with Gasteiger partial charge in [-0.05, 0) is 60.2 Å². The molecule has 2 aromatic carbocycles. The number of esters is 1. The standard InChI is InChI=1S/C28H34ClN3O5S2/c1-4-5-15-37-27(34)25-26(38-28(30-2)31(25)3)19-10-13-32(14-11-19)24(33)12-16-39(35,36)23-9-7-20-17-22(29)8-6-21(20)18-23/h6-9,17-19H,4-5,10-16H2,1-3H3. The Morgan fingerprint density at radius 3 is 2.51 bits per heavy atom. The summed E-state index contributed by atoms with van der Waals surface area (Å²) in [5, 5.41) is 2.23. The van der Waals surface area contributed by atoms with Crippen LogP contribution in [0.5, 0.6) is 0 Å². The molecule has 210 valence electrons. The Balaban J connectivity index is 1.38. The normalized spacial score (nSPS) is 15.2. The third kappa shape index (κ3) is 6.73. The number of halogens is 1. The van der Waals surface area contributed by atoms with E-state index in [2.05, 4.69) is 4.99 Å². The number of amides is 1. The molecule has 1 aliphatic heterocycles. The summed E-state index contributed by atoms with van der Waals surface area (Å²) in [6.45, 7) is 3.44. The molecule has 4 rings (SSSR count). The maximum absolute atomic E-state index is 13.0. The molecule has 8 nitrogen and oxygen atoms in total. The summed E-state index contributed by atoms with van der Waals surface area (Å²) < 4.78 is 33.2. The molecule has 1 aliphatic rings. The van der Waals surface area contributed by atoms with E-state index in [0.29, 0.717) is 43.3 Å². The Morgan fingerprint density at radius 1 is 1.13 bits per heavy atom. The summed E-state index contributed by atoms with van der Waals surface area (Å²) in [5.74, 6) is -0.664. The van der Waals surface area contributed by atoms with Crippen LogP contribution in [0.4, 0.5) is 0 Å². The highest BCUT2D eigenvalue weighted by Crippen LogP contribution is 2.33. The Labute approximate surface area is 238 Å². The van der Waals surface area contributed by atoms with Gasteiger partial charge < -0.3 is 14.2 Å². The molecule has 1 saturated heterocycles. The minimum Gasteiger partial charge on any atom is -0.461 e. The van der Waals surface area contributed by atoms with Crippen LogP contribution in [0.15, 0.2) is 46.3 Å². The van der Waals surface area contributed by atoms with Crippen molar-refractivity contribution in [1.82, 2.24) is 9.47 Å². The molecule has 11 heteroatoms. The maximum atomic E-state index is 13.0. The molecule has 0 bridgehead atoms. The summed E-state index contributed by atoms with van der Waals surface area (Å²) in [6, 6.07) is 10.2. The van der Waals surface area contributed by atoms with E-state index < -0.39 is 9.84 Å². The molecule has 1 amide bonds. The number of carbonyl (C=O) groups excluding carboxylic acids is 2. The van der Waals surface area contributed by atoms with Crippen molar-refractivity contribution in [3.63, 3.8) is 0 Å². The van der Waals surface area contributed by atoms with E-state index >= 15 is 0 Å². The molecule has 0 saturated carbocycles. The fraction of sp³-hybridized carbons (Fsp3) is 0.464. The van der Waals surface area contributed by atoms with Crippen molar-refractivity contribution in [2.45, 2.75) is 49.8 Å². The van der Waals surface area contributed by atoms with E-state index in [9.17, 15) is 18.0 Å². The average molecular weight is 592 g/mol. The average Bonchev–Trinajstić information content (AvgIpc) is 3.27. The lowest BCUT2D eigenvalue weighted by Crippen LogP contribution is -2.38. The largest absolute Gasteiger partial charge is 0.461 e. The number of nitrogens with zero attached hydrogens (tertiary/aromatic N) is 3. The molecule has 0 N–H and O–H groups in total. The maximum Gasteiger partial charge on any atom is 0.356 e. The first kappa shape index (κ1) is 29.3. The second-order valence-electron chi connectivity index (χ2n) is 9.75. The number of piperidine rings is 1. The predicted octanol–water partition coefficient (Wildman–Crippen LogP) is 4.95. The monoisotopic (exact) mass is 591 g/mol. The van der Waals surface area contributed by atoms with E-state index in [-0.39, 0.29) is 34.9 Å². The fourth-order valence-electron chi connectivity index (χ4n) is 4.84. The smallest absolute Gasteiger partial charge is 0.356 e. The van der Waals surface area contributed by atoms with E-state index in [1.54, 1.807) is 52.9 Å². The summed E-state index contributed by atoms with van der Waals surface area (Å²) >= 11 is 7.51. The third-order valence-corrected chi connectivity index (χ3v) is 10.4. The van der Waals surface area contributed by atoms with Gasteiger partial charge in [0.15, 0.2) is 14.6 Å². The Hall–Kier alpha value is -2.69. The van der Waals surface area contributed by atoms with Crippen molar-refractivity contribution in [3.8, 4) is 0 Å². The number of hydrogen-bond acceptors (Lipinski definition) is 7. The van der Waals surface area contributed by atoms with Gasteiger partial charge in [0, 0.05) is 43.5 Å². The first-order valence-electron chi connectivity index (χ1n) is 13.1. The number of benzene rings is 2. The molecule has 1 fully saturated rings. The zero-order chi connectivity index (χ0) is 28.2. The van der Waals surface area contributed by atoms with Crippen LogP contribution in [-0.2, 0) is 26.4 Å². The number of likely N-dealkylation sites (tertiary alicyclic amines) is 1. The van der Waals surface area contributed by atoms with Crippen molar-refractivity contribution in [2.24, 2.45) is 12.0 Å². The fourth-order valence-corrected chi connectivity index (χ4v) is 7.52. The molecule has 0 unspecified atom stereocenters. The number of fused-ring (bicyclic) bond motifs is 1. The SMILES string of the molecule is CCCCOC(=O)c1c(C2CCN(C(=O)CCS(=O)(=O)c3ccc4cc(Cl)ccc4c3)CC2)sc(=NC)n1C. The first-order chi connectivity index (χ1) is 18.6. The lowest BCUT2D eigenvalue weighted by atomic mass is 9.94. The zero-order valence-electron chi connectivity index (χ0n) is 22.5. The molecule has 1 aromatic heterocycles. The van der Waals surface area contributed by atoms with Crippen molar-refractivity contribution < 1.29 is 22.7 Å². The van der Waals surface area contributed by atoms with E-state index in [1.165, 1.54) is 11.3 Å². The topological polar surface area (TPSA) is 98.0 Å². The van der Waals surface area contributed by atoms with Gasteiger partial charge in [0.25, 0.3) is 0 Å². The van der Waals surface area contributed by atoms with Crippen molar-refractivity contribution in [3.05, 3.63) is 56.8 Å². The van der Waals surface area contributed by atoms with Gasteiger partial charge in [-0.3, -0.25) is 9.79 Å². The van der Waals surface area contributed by atoms with Crippen molar-refractivity contribution in [1.29, 1.82) is 0 Å². The Morgan fingerprint density at radius 2 is 1.82 bits per heavy atom. The summed E-state index contributed by atoms with van der Waals surface area (Å²) in [6.07, 6.45) is 3.05. The first-order valence-corrected chi connectivity index (χ1v) is 16.0. The molecule has 0 aliphatic carbocycles. The highest BCUT2D eigenvalue weighted by molar-refractivity contribution is 7.91. The highest BCUT2D eigenvalue weighted by Gasteiger charge is 2.31. The predicted molar refractivity (Wildman–Crippen MR) is 154 cm³/mol. The van der Waals surface area contributed by atoms with Crippen LogP contribution in [0.3, 0.4) is 0 Å². The number of rotatable bonds is 9. The minimum absolute atomic E-state index is 0.0759. The number of hydrogen-bond donors (Lipinski definition) is 0. The minimum atomic E-state index is -3.62. The quantitative estimate of drug-likeness (QED) is 0.259. The zero-order valence-corrected chi connectivity index (χ0v) is 24.9. The van der Waals surface area contributed by atoms with Gasteiger partial charge in [0.05, 0.1) is 17.3 Å². The third-order valence-electron chi connectivity index (χ3n) is 7.11. The molecule has 0 spiro atoms. The Kier molecular flexibility index (Phi) is 9.51. The van der Waals surface area contributed by atoms with Gasteiger partial charge in [-0.2, -0.15) is 0 Å². The summed E-state index contributed by atoms with van der Waals surface area (Å²) in [4.78, 5) is 33.8. The molecule has 0 radical (unpaired) electrons. The van der Waals surface area contributed by atoms with Crippen LogP contribution in [0, 0.1) is 0 Å². The number of thiazole rings is 1. The number of aromatic nitrogens is 1.